The van der Waals surface area contributed by atoms with Crippen LogP contribution in [0.1, 0.15) is 31.1 Å². The van der Waals surface area contributed by atoms with Gasteiger partial charge in [-0.3, -0.25) is 9.80 Å². The first-order chi connectivity index (χ1) is 9.20. The van der Waals surface area contributed by atoms with Gasteiger partial charge in [0.25, 0.3) is 0 Å². The second-order valence-electron chi connectivity index (χ2n) is 5.72. The zero-order chi connectivity index (χ0) is 13.4. The summed E-state index contributed by atoms with van der Waals surface area (Å²) >= 11 is 3.56. The van der Waals surface area contributed by atoms with Gasteiger partial charge in [-0.2, -0.15) is 0 Å². The molecule has 0 aliphatic carbocycles. The van der Waals surface area contributed by atoms with Gasteiger partial charge in [-0.1, -0.05) is 0 Å². The summed E-state index contributed by atoms with van der Waals surface area (Å²) in [7, 11) is 2.27. The molecule has 106 valence electrons. The predicted molar refractivity (Wildman–Crippen MR) is 79.0 cm³/mol. The Kier molecular flexibility index (Phi) is 3.98. The van der Waals surface area contributed by atoms with Crippen LogP contribution in [0.2, 0.25) is 0 Å². The smallest absolute Gasteiger partial charge is 0.136 e. The maximum Gasteiger partial charge on any atom is 0.136 e. The Balaban J connectivity index is 1.79. The van der Waals surface area contributed by atoms with Crippen molar-refractivity contribution in [2.45, 2.75) is 37.4 Å². The standard InChI is InChI=1S/C14H22BrN3O/c1-17-10-2-3-11(17)9-18(6-4-10)13(8-16)14-12(15)5-7-19-14/h5,7,10-11,13H,2-4,6,8-9,16H2,1H3. The number of nitrogens with zero attached hydrogens (tertiary/aromatic N) is 2. The molecule has 1 aromatic heterocycles. The van der Waals surface area contributed by atoms with Crippen LogP contribution in [0.4, 0.5) is 0 Å². The van der Waals surface area contributed by atoms with E-state index in [2.05, 4.69) is 32.8 Å². The van der Waals surface area contributed by atoms with Crippen molar-refractivity contribution in [3.05, 3.63) is 22.6 Å². The third kappa shape index (κ3) is 2.49. The average Bonchev–Trinajstić information content (AvgIpc) is 2.89. The van der Waals surface area contributed by atoms with Crippen molar-refractivity contribution in [2.24, 2.45) is 5.73 Å². The van der Waals surface area contributed by atoms with Gasteiger partial charge in [0.2, 0.25) is 0 Å². The number of rotatable bonds is 3. The predicted octanol–water partition coefficient (Wildman–Crippen LogP) is 2.21. The van der Waals surface area contributed by atoms with E-state index in [4.69, 9.17) is 10.2 Å². The number of hydrogen-bond donors (Lipinski definition) is 1. The van der Waals surface area contributed by atoms with E-state index in [1.165, 1.54) is 19.3 Å². The number of furan rings is 1. The minimum Gasteiger partial charge on any atom is -0.466 e. The summed E-state index contributed by atoms with van der Waals surface area (Å²) in [6, 6.07) is 3.58. The van der Waals surface area contributed by atoms with Crippen molar-refractivity contribution in [1.29, 1.82) is 0 Å². The Labute approximate surface area is 123 Å². The van der Waals surface area contributed by atoms with E-state index in [1.54, 1.807) is 6.26 Å². The lowest BCUT2D eigenvalue weighted by molar-refractivity contribution is 0.158. The fraction of sp³-hybridized carbons (Fsp3) is 0.714. The van der Waals surface area contributed by atoms with E-state index in [0.29, 0.717) is 12.6 Å². The Morgan fingerprint density at radius 2 is 2.21 bits per heavy atom. The molecule has 0 spiro atoms. The van der Waals surface area contributed by atoms with Crippen LogP contribution < -0.4 is 5.73 Å². The van der Waals surface area contributed by atoms with Crippen LogP contribution in [0.3, 0.4) is 0 Å². The highest BCUT2D eigenvalue weighted by molar-refractivity contribution is 9.10. The second-order valence-corrected chi connectivity index (χ2v) is 6.57. The lowest BCUT2D eigenvalue weighted by Crippen LogP contribution is -2.40. The highest BCUT2D eigenvalue weighted by atomic mass is 79.9. The number of nitrogens with two attached hydrogens (primary N) is 1. The van der Waals surface area contributed by atoms with Gasteiger partial charge in [-0.05, 0) is 48.3 Å². The monoisotopic (exact) mass is 327 g/mol. The molecule has 2 aliphatic rings. The third-order valence-corrected chi connectivity index (χ3v) is 5.45. The van der Waals surface area contributed by atoms with Gasteiger partial charge in [-0.15, -0.1) is 0 Å². The van der Waals surface area contributed by atoms with Gasteiger partial charge < -0.3 is 10.2 Å². The molecule has 1 aromatic rings. The summed E-state index contributed by atoms with van der Waals surface area (Å²) in [5.41, 5.74) is 6.01. The van der Waals surface area contributed by atoms with Crippen molar-refractivity contribution in [3.63, 3.8) is 0 Å². The summed E-state index contributed by atoms with van der Waals surface area (Å²) in [5.74, 6) is 0.975. The van der Waals surface area contributed by atoms with E-state index in [9.17, 15) is 0 Å². The van der Waals surface area contributed by atoms with Gasteiger partial charge in [0.05, 0.1) is 16.8 Å². The summed E-state index contributed by atoms with van der Waals surface area (Å²) in [6.07, 6.45) is 5.64. The number of fused-ring (bicyclic) bond motifs is 2. The van der Waals surface area contributed by atoms with Crippen LogP contribution in [0.15, 0.2) is 21.2 Å². The van der Waals surface area contributed by atoms with Gasteiger partial charge in [0, 0.05) is 31.7 Å². The number of likely N-dealkylation sites (tertiary alicyclic amines) is 1. The minimum absolute atomic E-state index is 0.192. The number of halogens is 1. The lowest BCUT2D eigenvalue weighted by Gasteiger charge is -2.31. The molecule has 3 unspecified atom stereocenters. The topological polar surface area (TPSA) is 45.6 Å². The molecule has 2 fully saturated rings. The quantitative estimate of drug-likeness (QED) is 0.924. The van der Waals surface area contributed by atoms with E-state index in [1.807, 2.05) is 6.07 Å². The highest BCUT2D eigenvalue weighted by Crippen LogP contribution is 2.34. The average molecular weight is 328 g/mol. The van der Waals surface area contributed by atoms with Gasteiger partial charge in [0.15, 0.2) is 0 Å². The first-order valence-electron chi connectivity index (χ1n) is 7.09. The maximum absolute atomic E-state index is 6.01. The van der Waals surface area contributed by atoms with E-state index in [0.717, 1.165) is 29.4 Å². The third-order valence-electron chi connectivity index (χ3n) is 4.79. The Bertz CT molecular complexity index is 436. The van der Waals surface area contributed by atoms with Crippen LogP contribution in [0, 0.1) is 0 Å². The molecule has 19 heavy (non-hydrogen) atoms. The fourth-order valence-corrected chi connectivity index (χ4v) is 4.05. The van der Waals surface area contributed by atoms with Gasteiger partial charge in [-0.25, -0.2) is 0 Å². The van der Waals surface area contributed by atoms with E-state index < -0.39 is 0 Å². The summed E-state index contributed by atoms with van der Waals surface area (Å²) in [5, 5.41) is 0. The zero-order valence-corrected chi connectivity index (χ0v) is 13.0. The van der Waals surface area contributed by atoms with E-state index in [-0.39, 0.29) is 6.04 Å². The maximum atomic E-state index is 6.01. The largest absolute Gasteiger partial charge is 0.466 e. The molecule has 2 N–H and O–H groups in total. The Morgan fingerprint density at radius 1 is 1.42 bits per heavy atom. The molecule has 3 atom stereocenters. The molecule has 2 bridgehead atoms. The van der Waals surface area contributed by atoms with E-state index >= 15 is 0 Å². The molecular formula is C14H22BrN3O. The number of hydrogen-bond acceptors (Lipinski definition) is 4. The van der Waals surface area contributed by atoms with Gasteiger partial charge >= 0.3 is 0 Å². The molecule has 0 saturated carbocycles. The van der Waals surface area contributed by atoms with Crippen molar-refractivity contribution in [1.82, 2.24) is 9.80 Å². The molecule has 0 radical (unpaired) electrons. The van der Waals surface area contributed by atoms with Crippen molar-refractivity contribution in [2.75, 3.05) is 26.7 Å². The molecule has 0 aromatic carbocycles. The minimum atomic E-state index is 0.192. The summed E-state index contributed by atoms with van der Waals surface area (Å²) < 4.78 is 6.67. The van der Waals surface area contributed by atoms with Crippen LogP contribution in [0.25, 0.3) is 0 Å². The Hall–Kier alpha value is -0.360. The lowest BCUT2D eigenvalue weighted by atomic mass is 10.1. The molecule has 2 aliphatic heterocycles. The first-order valence-corrected chi connectivity index (χ1v) is 7.89. The van der Waals surface area contributed by atoms with Crippen LogP contribution in [0.5, 0.6) is 0 Å². The fourth-order valence-electron chi connectivity index (χ4n) is 3.58. The molecule has 3 rings (SSSR count). The summed E-state index contributed by atoms with van der Waals surface area (Å²) in [4.78, 5) is 5.06. The van der Waals surface area contributed by atoms with Crippen LogP contribution in [-0.2, 0) is 0 Å². The highest BCUT2D eigenvalue weighted by Gasteiger charge is 2.37. The van der Waals surface area contributed by atoms with Crippen molar-refractivity contribution >= 4 is 15.9 Å². The van der Waals surface area contributed by atoms with Crippen LogP contribution in [-0.4, -0.2) is 48.6 Å². The number of likely N-dealkylation sites (N-methyl/N-ethyl adjacent to an activating group) is 1. The normalized spacial score (nSPS) is 30.5. The molecule has 4 nitrogen and oxygen atoms in total. The van der Waals surface area contributed by atoms with Crippen molar-refractivity contribution in [3.8, 4) is 0 Å². The second kappa shape index (κ2) is 5.56. The molecular weight excluding hydrogens is 306 g/mol. The summed E-state index contributed by atoms with van der Waals surface area (Å²) in [6.45, 7) is 2.82. The molecule has 3 heterocycles. The molecule has 2 saturated heterocycles. The molecule has 5 heteroatoms. The van der Waals surface area contributed by atoms with Crippen molar-refractivity contribution < 1.29 is 4.42 Å². The Morgan fingerprint density at radius 3 is 2.89 bits per heavy atom. The van der Waals surface area contributed by atoms with Crippen LogP contribution >= 0.6 is 15.9 Å². The SMILES string of the molecule is CN1C2CCC1CN(C(CN)c1occc1Br)CC2. The molecule has 0 amide bonds. The van der Waals surface area contributed by atoms with Gasteiger partial charge in [0.1, 0.15) is 5.76 Å². The first kappa shape index (κ1) is 13.6. The zero-order valence-electron chi connectivity index (χ0n) is 11.4.